The molecule has 3 rings (SSSR count). The van der Waals surface area contributed by atoms with Gasteiger partial charge >= 0.3 is 0 Å². The van der Waals surface area contributed by atoms with E-state index in [2.05, 4.69) is 70.4 Å². The second-order valence-electron chi connectivity index (χ2n) is 8.50. The van der Waals surface area contributed by atoms with Crippen LogP contribution >= 0.6 is 11.3 Å². The van der Waals surface area contributed by atoms with E-state index < -0.39 is 0 Å². The van der Waals surface area contributed by atoms with Gasteiger partial charge in [-0.15, -0.1) is 0 Å². The highest BCUT2D eigenvalue weighted by atomic mass is 127. The van der Waals surface area contributed by atoms with Gasteiger partial charge in [-0.3, -0.25) is 4.79 Å². The number of amides is 1. The molecular formula is C23H30I2N4OS. The number of hydrogen-bond acceptors (Lipinski definition) is 3. The molecule has 5 nitrogen and oxygen atoms in total. The van der Waals surface area contributed by atoms with Crippen molar-refractivity contribution in [3.63, 3.8) is 0 Å². The summed E-state index contributed by atoms with van der Waals surface area (Å²) in [5.41, 5.74) is 4.35. The molecule has 8 heteroatoms. The van der Waals surface area contributed by atoms with E-state index in [-0.39, 0.29) is 53.9 Å². The molecule has 1 aromatic heterocycles. The summed E-state index contributed by atoms with van der Waals surface area (Å²) < 4.78 is 3.94. The summed E-state index contributed by atoms with van der Waals surface area (Å²) in [7, 11) is 12.2. The lowest BCUT2D eigenvalue weighted by molar-refractivity contribution is -0.861. The highest BCUT2D eigenvalue weighted by molar-refractivity contribution is 7.18. The van der Waals surface area contributed by atoms with Crippen LogP contribution in [0.4, 0.5) is 11.4 Å². The fraction of sp³-hybridized carbons (Fsp3) is 0.304. The minimum absolute atomic E-state index is 0. The summed E-state index contributed by atoms with van der Waals surface area (Å²) in [6, 6.07) is 14.6. The van der Waals surface area contributed by atoms with Gasteiger partial charge < -0.3 is 62.7 Å². The SMILES string of the molecule is CN(C)c1ccc(/C=C/c2sc3cc(NC(=O)C[N+](C)(C)C)ccc3[n+]2C)cc1.[I-].[I-]. The molecule has 0 aliphatic heterocycles. The van der Waals surface area contributed by atoms with Crippen molar-refractivity contribution in [2.45, 2.75) is 0 Å². The van der Waals surface area contributed by atoms with Crippen molar-refractivity contribution < 1.29 is 61.8 Å². The Hall–Kier alpha value is -1.24. The van der Waals surface area contributed by atoms with Gasteiger partial charge in [0.25, 0.3) is 10.9 Å². The Labute approximate surface area is 223 Å². The summed E-state index contributed by atoms with van der Waals surface area (Å²) in [4.78, 5) is 14.3. The van der Waals surface area contributed by atoms with Gasteiger partial charge in [-0.25, -0.2) is 0 Å². The first-order valence-electron chi connectivity index (χ1n) is 9.61. The molecule has 168 valence electrons. The number of benzene rings is 2. The zero-order valence-electron chi connectivity index (χ0n) is 18.8. The van der Waals surface area contributed by atoms with Gasteiger partial charge in [-0.1, -0.05) is 23.5 Å². The smallest absolute Gasteiger partial charge is 0.279 e. The van der Waals surface area contributed by atoms with Gasteiger partial charge in [0.15, 0.2) is 6.54 Å². The van der Waals surface area contributed by atoms with Gasteiger partial charge in [0.2, 0.25) is 5.52 Å². The average Bonchev–Trinajstić information content (AvgIpc) is 2.94. The number of nitrogens with zero attached hydrogens (tertiary/aromatic N) is 3. The number of halogens is 2. The average molecular weight is 664 g/mol. The summed E-state index contributed by atoms with van der Waals surface area (Å²) in [6.45, 7) is 0.441. The number of fused-ring (bicyclic) bond motifs is 1. The first-order valence-corrected chi connectivity index (χ1v) is 10.4. The zero-order valence-corrected chi connectivity index (χ0v) is 23.9. The van der Waals surface area contributed by atoms with Crippen molar-refractivity contribution in [2.75, 3.05) is 52.0 Å². The number of nitrogens with one attached hydrogen (secondary N) is 1. The topological polar surface area (TPSA) is 36.2 Å². The first kappa shape index (κ1) is 27.8. The monoisotopic (exact) mass is 664 g/mol. The second-order valence-corrected chi connectivity index (χ2v) is 9.56. The third kappa shape index (κ3) is 7.69. The molecule has 0 fully saturated rings. The van der Waals surface area contributed by atoms with Crippen LogP contribution in [-0.2, 0) is 11.8 Å². The summed E-state index contributed by atoms with van der Waals surface area (Å²) in [5.74, 6) is 0.0269. The summed E-state index contributed by atoms with van der Waals surface area (Å²) >= 11 is 1.72. The van der Waals surface area contributed by atoms with Crippen molar-refractivity contribution >= 4 is 51.0 Å². The number of thiazole rings is 1. The minimum atomic E-state index is 0. The predicted octanol–water partition coefficient (Wildman–Crippen LogP) is -2.39. The van der Waals surface area contributed by atoms with E-state index in [1.54, 1.807) is 11.3 Å². The van der Waals surface area contributed by atoms with Crippen molar-refractivity contribution in [1.29, 1.82) is 0 Å². The molecule has 0 aliphatic carbocycles. The maximum Gasteiger partial charge on any atom is 0.279 e. The molecule has 0 aliphatic rings. The summed E-state index contributed by atoms with van der Waals surface area (Å²) in [5, 5.41) is 4.17. The van der Waals surface area contributed by atoms with E-state index in [1.807, 2.05) is 41.3 Å². The van der Waals surface area contributed by atoms with Gasteiger partial charge in [0, 0.05) is 37.6 Å². The summed E-state index contributed by atoms with van der Waals surface area (Å²) in [6.07, 6.45) is 4.28. The number of likely N-dealkylation sites (N-methyl/N-ethyl adjacent to an activating group) is 1. The highest BCUT2D eigenvalue weighted by Gasteiger charge is 2.17. The highest BCUT2D eigenvalue weighted by Crippen LogP contribution is 2.25. The molecule has 1 N–H and O–H groups in total. The van der Waals surface area contributed by atoms with Crippen LogP contribution in [0.1, 0.15) is 10.6 Å². The molecule has 0 unspecified atom stereocenters. The molecule has 3 aromatic rings. The van der Waals surface area contributed by atoms with Gasteiger partial charge in [0.05, 0.1) is 21.1 Å². The maximum atomic E-state index is 12.2. The van der Waals surface area contributed by atoms with Crippen LogP contribution in [0.3, 0.4) is 0 Å². The van der Waals surface area contributed by atoms with E-state index >= 15 is 0 Å². The largest absolute Gasteiger partial charge is 1.00 e. The molecule has 0 bridgehead atoms. The van der Waals surface area contributed by atoms with Crippen LogP contribution < -0.4 is 62.7 Å². The number of hydrogen-bond donors (Lipinski definition) is 1. The number of anilines is 2. The van der Waals surface area contributed by atoms with Crippen LogP contribution in [0.15, 0.2) is 42.5 Å². The molecule has 0 radical (unpaired) electrons. The molecule has 0 atom stereocenters. The van der Waals surface area contributed by atoms with Crippen LogP contribution in [0.2, 0.25) is 0 Å². The van der Waals surface area contributed by atoms with Crippen LogP contribution in [-0.4, -0.2) is 52.2 Å². The van der Waals surface area contributed by atoms with Crippen molar-refractivity contribution in [3.05, 3.63) is 53.0 Å². The zero-order chi connectivity index (χ0) is 21.2. The van der Waals surface area contributed by atoms with E-state index in [1.165, 1.54) is 11.3 Å². The number of aryl methyl sites for hydroxylation is 1. The van der Waals surface area contributed by atoms with Gasteiger partial charge in [-0.05, 0) is 35.9 Å². The lowest BCUT2D eigenvalue weighted by Crippen LogP contribution is -3.00. The minimum Gasteiger partial charge on any atom is -1.00 e. The number of aromatic nitrogens is 1. The number of carbonyl (C=O) groups is 1. The molecule has 0 spiro atoms. The molecule has 0 saturated carbocycles. The predicted molar refractivity (Wildman–Crippen MR) is 124 cm³/mol. The Kier molecular flexibility index (Phi) is 10.4. The third-order valence-corrected chi connectivity index (χ3v) is 5.76. The molecule has 31 heavy (non-hydrogen) atoms. The first-order chi connectivity index (χ1) is 13.6. The van der Waals surface area contributed by atoms with Gasteiger partial charge in [0.1, 0.15) is 11.7 Å². The van der Waals surface area contributed by atoms with Crippen molar-refractivity contribution in [2.24, 2.45) is 7.05 Å². The lowest BCUT2D eigenvalue weighted by Gasteiger charge is -2.22. The lowest BCUT2D eigenvalue weighted by atomic mass is 10.2. The second kappa shape index (κ2) is 11.6. The normalized spacial score (nSPS) is 11.2. The molecule has 1 amide bonds. The number of rotatable bonds is 6. The Morgan fingerprint density at radius 3 is 2.29 bits per heavy atom. The fourth-order valence-electron chi connectivity index (χ4n) is 3.08. The number of quaternary nitrogens is 1. The van der Waals surface area contributed by atoms with Crippen LogP contribution in [0.25, 0.3) is 22.4 Å². The third-order valence-electron chi connectivity index (χ3n) is 4.60. The molecule has 1 heterocycles. The molecule has 2 aromatic carbocycles. The van der Waals surface area contributed by atoms with Crippen LogP contribution in [0, 0.1) is 0 Å². The Bertz CT molecular complexity index is 1050. The molecule has 0 saturated heterocycles. The van der Waals surface area contributed by atoms with E-state index in [4.69, 9.17) is 0 Å². The van der Waals surface area contributed by atoms with Gasteiger partial charge in [-0.2, -0.15) is 4.57 Å². The Morgan fingerprint density at radius 2 is 1.71 bits per heavy atom. The Balaban J connectivity index is 0.00000240. The van der Waals surface area contributed by atoms with E-state index in [0.29, 0.717) is 11.0 Å². The standard InChI is InChI=1S/C23H29N4OS.2HI/c1-25(2)19-11-7-17(8-12-19)9-14-23-26(3)20-13-10-18(15-21(20)29-23)24-22(28)16-27(4,5)6;;/h7-15H,16H2,1-6H3;2*1H/q+1;;/p-1. The van der Waals surface area contributed by atoms with Crippen molar-refractivity contribution in [1.82, 2.24) is 0 Å². The fourth-order valence-corrected chi connectivity index (χ4v) is 4.17. The van der Waals surface area contributed by atoms with Crippen LogP contribution in [0.5, 0.6) is 0 Å². The van der Waals surface area contributed by atoms with Crippen molar-refractivity contribution in [3.8, 4) is 0 Å². The Morgan fingerprint density at radius 1 is 1.06 bits per heavy atom. The van der Waals surface area contributed by atoms with E-state index in [0.717, 1.165) is 20.9 Å². The quantitative estimate of drug-likeness (QED) is 0.182. The maximum absolute atomic E-state index is 12.2. The number of carbonyl (C=O) groups excluding carboxylic acids is 1. The molecular weight excluding hydrogens is 634 g/mol. The van der Waals surface area contributed by atoms with E-state index in [9.17, 15) is 4.79 Å².